The van der Waals surface area contributed by atoms with Gasteiger partial charge in [-0.1, -0.05) is 6.07 Å². The smallest absolute Gasteiger partial charge is 0.350 e. The topological polar surface area (TPSA) is 88.2 Å². The molecule has 0 spiro atoms. The van der Waals surface area contributed by atoms with Gasteiger partial charge in [-0.15, -0.1) is 0 Å². The summed E-state index contributed by atoms with van der Waals surface area (Å²) in [5, 5.41) is 2.70. The maximum absolute atomic E-state index is 12.7. The van der Waals surface area contributed by atoms with Gasteiger partial charge in [-0.3, -0.25) is 9.78 Å². The molecule has 2 N–H and O–H groups in total. The Bertz CT molecular complexity index is 887. The highest BCUT2D eigenvalue weighted by Crippen LogP contribution is 2.30. The number of carbonyl (C=O) groups excluding carboxylic acids is 1. The molecule has 0 bridgehead atoms. The molecular weight excluding hydrogens is 383 g/mol. The molecule has 1 aromatic carbocycles. The van der Waals surface area contributed by atoms with Crippen LogP contribution in [0.2, 0.25) is 0 Å². The Labute approximate surface area is 154 Å². The van der Waals surface area contributed by atoms with Crippen LogP contribution in [-0.4, -0.2) is 25.9 Å². The standard InChI is InChI=1S/C17H18F3N3O3S/c1-12(13-5-8-21-9-6-13)23-16(24)7-10-22-27(25,26)15-4-2-3-14(11-15)17(18,19)20/h2-6,8-9,11-12,22H,7,10H2,1H3,(H,23,24). The van der Waals surface area contributed by atoms with Crippen molar-refractivity contribution >= 4 is 15.9 Å². The summed E-state index contributed by atoms with van der Waals surface area (Å²) >= 11 is 0. The molecule has 1 amide bonds. The molecular formula is C17H18F3N3O3S. The maximum atomic E-state index is 12.7. The summed E-state index contributed by atoms with van der Waals surface area (Å²) in [5.41, 5.74) is -0.225. The van der Waals surface area contributed by atoms with E-state index >= 15 is 0 Å². The zero-order valence-corrected chi connectivity index (χ0v) is 15.1. The fourth-order valence-corrected chi connectivity index (χ4v) is 3.35. The molecule has 0 aliphatic heterocycles. The van der Waals surface area contributed by atoms with Gasteiger partial charge < -0.3 is 5.32 Å². The van der Waals surface area contributed by atoms with Crippen LogP contribution in [-0.2, 0) is 21.0 Å². The molecule has 0 saturated carbocycles. The summed E-state index contributed by atoms with van der Waals surface area (Å²) in [4.78, 5) is 15.3. The Morgan fingerprint density at radius 1 is 1.19 bits per heavy atom. The van der Waals surface area contributed by atoms with Crippen LogP contribution in [0.3, 0.4) is 0 Å². The van der Waals surface area contributed by atoms with E-state index in [0.717, 1.165) is 23.8 Å². The second-order valence-corrected chi connectivity index (χ2v) is 7.51. The van der Waals surface area contributed by atoms with Gasteiger partial charge in [-0.05, 0) is 42.8 Å². The minimum atomic E-state index is -4.64. The van der Waals surface area contributed by atoms with Crippen LogP contribution in [0.1, 0.15) is 30.5 Å². The monoisotopic (exact) mass is 401 g/mol. The van der Waals surface area contributed by atoms with E-state index in [-0.39, 0.29) is 19.0 Å². The van der Waals surface area contributed by atoms with Crippen LogP contribution in [0.15, 0.2) is 53.7 Å². The van der Waals surface area contributed by atoms with Gasteiger partial charge in [0.2, 0.25) is 15.9 Å². The molecule has 1 atom stereocenters. The predicted molar refractivity (Wildman–Crippen MR) is 92.0 cm³/mol. The number of hydrogen-bond acceptors (Lipinski definition) is 4. The molecule has 0 radical (unpaired) electrons. The molecule has 0 saturated heterocycles. The zero-order valence-electron chi connectivity index (χ0n) is 14.3. The predicted octanol–water partition coefficient (Wildman–Crippen LogP) is 2.65. The molecule has 27 heavy (non-hydrogen) atoms. The number of rotatable bonds is 7. The van der Waals surface area contributed by atoms with Gasteiger partial charge in [0.1, 0.15) is 0 Å². The van der Waals surface area contributed by atoms with Crippen molar-refractivity contribution in [1.29, 1.82) is 0 Å². The van der Waals surface area contributed by atoms with Crippen molar-refractivity contribution in [1.82, 2.24) is 15.0 Å². The highest BCUT2D eigenvalue weighted by atomic mass is 32.2. The van der Waals surface area contributed by atoms with Crippen LogP contribution in [0.5, 0.6) is 0 Å². The molecule has 1 aromatic heterocycles. The van der Waals surface area contributed by atoms with Gasteiger partial charge in [-0.25, -0.2) is 13.1 Å². The van der Waals surface area contributed by atoms with E-state index < -0.39 is 32.6 Å². The molecule has 1 unspecified atom stereocenters. The summed E-state index contributed by atoms with van der Waals surface area (Å²) in [6.45, 7) is 1.52. The second kappa shape index (κ2) is 8.49. The van der Waals surface area contributed by atoms with Crippen molar-refractivity contribution in [3.63, 3.8) is 0 Å². The number of nitrogens with zero attached hydrogens (tertiary/aromatic N) is 1. The Kier molecular flexibility index (Phi) is 6.55. The van der Waals surface area contributed by atoms with Crippen LogP contribution >= 0.6 is 0 Å². The minimum Gasteiger partial charge on any atom is -0.350 e. The summed E-state index contributed by atoms with van der Waals surface area (Å²) in [7, 11) is -4.16. The Morgan fingerprint density at radius 2 is 1.85 bits per heavy atom. The Hall–Kier alpha value is -2.46. The van der Waals surface area contributed by atoms with E-state index in [1.54, 1.807) is 31.5 Å². The first-order valence-electron chi connectivity index (χ1n) is 7.96. The Balaban J connectivity index is 1.91. The SMILES string of the molecule is CC(NC(=O)CCNS(=O)(=O)c1cccc(C(F)(F)F)c1)c1ccncc1. The van der Waals surface area contributed by atoms with Gasteiger partial charge in [0.05, 0.1) is 16.5 Å². The number of alkyl halides is 3. The molecule has 0 aliphatic rings. The van der Waals surface area contributed by atoms with Crippen molar-refractivity contribution in [3.8, 4) is 0 Å². The molecule has 146 valence electrons. The number of amides is 1. The maximum Gasteiger partial charge on any atom is 0.416 e. The first-order valence-corrected chi connectivity index (χ1v) is 9.44. The number of aromatic nitrogens is 1. The third kappa shape index (κ3) is 6.04. The third-order valence-electron chi connectivity index (χ3n) is 3.70. The van der Waals surface area contributed by atoms with Crippen molar-refractivity contribution in [3.05, 3.63) is 59.9 Å². The number of carbonyl (C=O) groups is 1. The van der Waals surface area contributed by atoms with E-state index in [1.165, 1.54) is 0 Å². The van der Waals surface area contributed by atoms with Crippen LogP contribution in [0, 0.1) is 0 Å². The number of hydrogen-bond donors (Lipinski definition) is 2. The molecule has 0 aliphatic carbocycles. The average Bonchev–Trinajstić information content (AvgIpc) is 2.61. The lowest BCUT2D eigenvalue weighted by Crippen LogP contribution is -2.32. The van der Waals surface area contributed by atoms with E-state index in [2.05, 4.69) is 15.0 Å². The lowest BCUT2D eigenvalue weighted by atomic mass is 10.1. The first-order chi connectivity index (χ1) is 12.6. The van der Waals surface area contributed by atoms with E-state index in [0.29, 0.717) is 6.07 Å². The van der Waals surface area contributed by atoms with Gasteiger partial charge >= 0.3 is 6.18 Å². The van der Waals surface area contributed by atoms with Crippen LogP contribution in [0.4, 0.5) is 13.2 Å². The lowest BCUT2D eigenvalue weighted by molar-refractivity contribution is -0.137. The second-order valence-electron chi connectivity index (χ2n) is 5.74. The van der Waals surface area contributed by atoms with E-state index in [1.807, 2.05) is 0 Å². The van der Waals surface area contributed by atoms with Crippen LogP contribution < -0.4 is 10.0 Å². The summed E-state index contributed by atoms with van der Waals surface area (Å²) in [6.07, 6.45) is -1.63. The van der Waals surface area contributed by atoms with Crippen molar-refractivity contribution in [2.75, 3.05) is 6.54 Å². The molecule has 6 nitrogen and oxygen atoms in total. The van der Waals surface area contributed by atoms with Gasteiger partial charge in [-0.2, -0.15) is 13.2 Å². The van der Waals surface area contributed by atoms with Crippen molar-refractivity contribution in [2.24, 2.45) is 0 Å². The largest absolute Gasteiger partial charge is 0.416 e. The molecule has 0 fully saturated rings. The quantitative estimate of drug-likeness (QED) is 0.747. The fraction of sp³-hybridized carbons (Fsp3) is 0.294. The van der Waals surface area contributed by atoms with Gasteiger partial charge in [0.25, 0.3) is 0 Å². The first kappa shape index (κ1) is 20.8. The summed E-state index contributed by atoms with van der Waals surface area (Å²) in [5.74, 6) is -0.397. The highest BCUT2D eigenvalue weighted by molar-refractivity contribution is 7.89. The number of benzene rings is 1. The summed E-state index contributed by atoms with van der Waals surface area (Å²) in [6, 6.07) is 6.59. The zero-order chi connectivity index (χ0) is 20.1. The molecule has 2 rings (SSSR count). The van der Waals surface area contributed by atoms with Gasteiger partial charge in [0.15, 0.2) is 0 Å². The Morgan fingerprint density at radius 3 is 2.48 bits per heavy atom. The summed E-state index contributed by atoms with van der Waals surface area (Å²) < 4.78 is 64.5. The highest BCUT2D eigenvalue weighted by Gasteiger charge is 2.31. The van der Waals surface area contributed by atoms with Gasteiger partial charge in [0, 0.05) is 25.4 Å². The number of sulfonamides is 1. The normalized spacial score (nSPS) is 13.2. The third-order valence-corrected chi connectivity index (χ3v) is 5.16. The number of pyridine rings is 1. The number of halogens is 3. The minimum absolute atomic E-state index is 0.159. The average molecular weight is 401 g/mol. The fourth-order valence-electron chi connectivity index (χ4n) is 2.27. The van der Waals surface area contributed by atoms with Crippen molar-refractivity contribution < 1.29 is 26.4 Å². The lowest BCUT2D eigenvalue weighted by Gasteiger charge is -2.14. The molecule has 10 heteroatoms. The van der Waals surface area contributed by atoms with E-state index in [4.69, 9.17) is 0 Å². The van der Waals surface area contributed by atoms with Crippen LogP contribution in [0.25, 0.3) is 0 Å². The number of nitrogens with one attached hydrogen (secondary N) is 2. The molecule has 1 heterocycles. The molecule has 2 aromatic rings. The van der Waals surface area contributed by atoms with Crippen molar-refractivity contribution in [2.45, 2.75) is 30.5 Å². The van der Waals surface area contributed by atoms with E-state index in [9.17, 15) is 26.4 Å².